The van der Waals surface area contributed by atoms with Crippen molar-refractivity contribution in [2.75, 3.05) is 19.9 Å². The molecule has 2 N–H and O–H groups in total. The molecular formula is C22H25NO5. The van der Waals surface area contributed by atoms with Crippen LogP contribution in [-0.2, 0) is 5.60 Å². The fourth-order valence-electron chi connectivity index (χ4n) is 4.24. The minimum Gasteiger partial charge on any atom is -0.486 e. The summed E-state index contributed by atoms with van der Waals surface area (Å²) in [5.74, 6) is 3.09. The largest absolute Gasteiger partial charge is 0.486 e. The van der Waals surface area contributed by atoms with Crippen molar-refractivity contribution >= 4 is 0 Å². The topological polar surface area (TPSA) is 69.2 Å². The first-order chi connectivity index (χ1) is 13.7. The van der Waals surface area contributed by atoms with E-state index in [1.54, 1.807) is 0 Å². The van der Waals surface area contributed by atoms with Gasteiger partial charge in [-0.25, -0.2) is 0 Å². The van der Waals surface area contributed by atoms with E-state index in [2.05, 4.69) is 5.32 Å². The van der Waals surface area contributed by atoms with Gasteiger partial charge in [-0.2, -0.15) is 0 Å². The van der Waals surface area contributed by atoms with E-state index in [1.165, 1.54) is 0 Å². The molecule has 0 bridgehead atoms. The van der Waals surface area contributed by atoms with E-state index in [0.717, 1.165) is 60.8 Å². The van der Waals surface area contributed by atoms with Crippen LogP contribution in [0.3, 0.4) is 0 Å². The monoisotopic (exact) mass is 383 g/mol. The molecule has 0 spiro atoms. The molecule has 6 heteroatoms. The number of rotatable bonds is 4. The molecule has 0 amide bonds. The Labute approximate surface area is 164 Å². The molecule has 0 aromatic heterocycles. The minimum absolute atomic E-state index is 0.00423. The summed E-state index contributed by atoms with van der Waals surface area (Å²) < 4.78 is 22.6. The summed E-state index contributed by atoms with van der Waals surface area (Å²) in [4.78, 5) is 0. The van der Waals surface area contributed by atoms with Crippen molar-refractivity contribution in [2.45, 2.75) is 43.4 Å². The number of aliphatic hydroxyl groups is 1. The first-order valence-electron chi connectivity index (χ1n) is 9.94. The molecule has 2 aliphatic heterocycles. The lowest BCUT2D eigenvalue weighted by atomic mass is 9.77. The standard InChI is InChI=1S/C22H25NO5/c24-22(15-5-6-19-21(11-15)27-14-26-19)9-7-16(8-10-22)23-12-17-13-25-18-3-1-2-4-20(18)28-17/h1-6,11,16-17,23-24H,7-10,12-14H2/t16-,17-,22+/m0/s1. The molecule has 2 aromatic carbocycles. The Bertz CT molecular complexity index is 847. The Kier molecular flexibility index (Phi) is 4.53. The number of ether oxygens (including phenoxy) is 4. The van der Waals surface area contributed by atoms with E-state index >= 15 is 0 Å². The highest BCUT2D eigenvalue weighted by molar-refractivity contribution is 5.46. The van der Waals surface area contributed by atoms with Gasteiger partial charge in [0, 0.05) is 12.6 Å². The van der Waals surface area contributed by atoms with Gasteiger partial charge in [0.1, 0.15) is 12.7 Å². The normalized spacial score (nSPS) is 28.2. The van der Waals surface area contributed by atoms with Crippen molar-refractivity contribution < 1.29 is 24.1 Å². The summed E-state index contributed by atoms with van der Waals surface area (Å²) in [7, 11) is 0. The number of fused-ring (bicyclic) bond motifs is 2. The Morgan fingerprint density at radius 3 is 2.54 bits per heavy atom. The van der Waals surface area contributed by atoms with Gasteiger partial charge in [0.2, 0.25) is 6.79 Å². The van der Waals surface area contributed by atoms with Gasteiger partial charge in [-0.3, -0.25) is 0 Å². The van der Waals surface area contributed by atoms with E-state index in [4.69, 9.17) is 18.9 Å². The average molecular weight is 383 g/mol. The molecule has 0 unspecified atom stereocenters. The number of nitrogens with one attached hydrogen (secondary N) is 1. The second-order valence-electron chi connectivity index (χ2n) is 7.78. The van der Waals surface area contributed by atoms with Crippen molar-refractivity contribution in [1.82, 2.24) is 5.32 Å². The first kappa shape index (κ1) is 17.6. The maximum Gasteiger partial charge on any atom is 0.231 e. The third kappa shape index (κ3) is 3.38. The zero-order valence-electron chi connectivity index (χ0n) is 15.7. The van der Waals surface area contributed by atoms with Crippen molar-refractivity contribution in [2.24, 2.45) is 0 Å². The van der Waals surface area contributed by atoms with Crippen LogP contribution in [0.4, 0.5) is 0 Å². The van der Waals surface area contributed by atoms with E-state index in [0.29, 0.717) is 12.6 Å². The van der Waals surface area contributed by atoms with Crippen molar-refractivity contribution in [1.29, 1.82) is 0 Å². The molecule has 1 aliphatic carbocycles. The van der Waals surface area contributed by atoms with Gasteiger partial charge < -0.3 is 29.4 Å². The quantitative estimate of drug-likeness (QED) is 0.846. The summed E-state index contributed by atoms with van der Waals surface area (Å²) in [5, 5.41) is 14.7. The Hall–Kier alpha value is -2.44. The van der Waals surface area contributed by atoms with Crippen LogP contribution in [0.1, 0.15) is 31.2 Å². The zero-order valence-corrected chi connectivity index (χ0v) is 15.7. The maximum absolute atomic E-state index is 11.1. The van der Waals surface area contributed by atoms with Crippen LogP contribution in [0.15, 0.2) is 42.5 Å². The van der Waals surface area contributed by atoms with Gasteiger partial charge >= 0.3 is 0 Å². The van der Waals surface area contributed by atoms with Gasteiger partial charge in [0.15, 0.2) is 23.0 Å². The number of benzene rings is 2. The van der Waals surface area contributed by atoms with Gasteiger partial charge in [0.25, 0.3) is 0 Å². The van der Waals surface area contributed by atoms with E-state index < -0.39 is 5.60 Å². The lowest BCUT2D eigenvalue weighted by Crippen LogP contribution is -2.45. The van der Waals surface area contributed by atoms with E-state index in [9.17, 15) is 5.11 Å². The molecule has 0 radical (unpaired) electrons. The van der Waals surface area contributed by atoms with Crippen LogP contribution in [0.2, 0.25) is 0 Å². The highest BCUT2D eigenvalue weighted by atomic mass is 16.7. The third-order valence-corrected chi connectivity index (χ3v) is 5.92. The summed E-state index contributed by atoms with van der Waals surface area (Å²) in [6, 6.07) is 13.9. The number of para-hydroxylation sites is 2. The number of hydrogen-bond acceptors (Lipinski definition) is 6. The van der Waals surface area contributed by atoms with E-state index in [1.807, 2.05) is 42.5 Å². The molecule has 2 aromatic rings. The highest BCUT2D eigenvalue weighted by Gasteiger charge is 2.36. The summed E-state index contributed by atoms with van der Waals surface area (Å²) in [5.41, 5.74) is 0.110. The summed E-state index contributed by atoms with van der Waals surface area (Å²) in [6.45, 7) is 1.54. The third-order valence-electron chi connectivity index (χ3n) is 5.92. The SMILES string of the molecule is O[C@]1(c2ccc3c(c2)OCO3)CC[C@H](NC[C@H]2COc3ccccc3O2)CC1. The maximum atomic E-state index is 11.1. The van der Waals surface area contributed by atoms with Crippen molar-refractivity contribution in [3.8, 4) is 23.0 Å². The molecule has 1 fully saturated rings. The molecule has 148 valence electrons. The molecule has 3 aliphatic rings. The predicted molar refractivity (Wildman–Crippen MR) is 103 cm³/mol. The van der Waals surface area contributed by atoms with Crippen LogP contribution in [0.25, 0.3) is 0 Å². The summed E-state index contributed by atoms with van der Waals surface area (Å²) >= 11 is 0. The lowest BCUT2D eigenvalue weighted by Gasteiger charge is -2.37. The van der Waals surface area contributed by atoms with Gasteiger partial charge in [-0.1, -0.05) is 18.2 Å². The minimum atomic E-state index is -0.803. The second kappa shape index (κ2) is 7.18. The fourth-order valence-corrected chi connectivity index (χ4v) is 4.24. The Morgan fingerprint density at radius 2 is 1.68 bits per heavy atom. The average Bonchev–Trinajstić information content (AvgIpc) is 3.21. The zero-order chi connectivity index (χ0) is 19.0. The second-order valence-corrected chi connectivity index (χ2v) is 7.78. The Balaban J connectivity index is 1.14. The lowest BCUT2D eigenvalue weighted by molar-refractivity contribution is -0.00998. The van der Waals surface area contributed by atoms with Crippen molar-refractivity contribution in [3.63, 3.8) is 0 Å². The molecule has 0 saturated heterocycles. The predicted octanol–water partition coefficient (Wildman–Crippen LogP) is 2.98. The van der Waals surface area contributed by atoms with Gasteiger partial charge in [-0.15, -0.1) is 0 Å². The number of hydrogen-bond donors (Lipinski definition) is 2. The van der Waals surface area contributed by atoms with Crippen molar-refractivity contribution in [3.05, 3.63) is 48.0 Å². The molecule has 1 saturated carbocycles. The van der Waals surface area contributed by atoms with Crippen LogP contribution in [0.5, 0.6) is 23.0 Å². The van der Waals surface area contributed by atoms with Crippen LogP contribution >= 0.6 is 0 Å². The Morgan fingerprint density at radius 1 is 0.929 bits per heavy atom. The van der Waals surface area contributed by atoms with E-state index in [-0.39, 0.29) is 12.9 Å². The molecule has 6 nitrogen and oxygen atoms in total. The molecule has 5 rings (SSSR count). The summed E-state index contributed by atoms with van der Waals surface area (Å²) in [6.07, 6.45) is 3.26. The first-order valence-corrected chi connectivity index (χ1v) is 9.94. The van der Waals surface area contributed by atoms with Gasteiger partial charge in [0.05, 0.1) is 5.60 Å². The van der Waals surface area contributed by atoms with Crippen LogP contribution < -0.4 is 24.3 Å². The molecule has 2 heterocycles. The van der Waals surface area contributed by atoms with Crippen LogP contribution in [-0.4, -0.2) is 37.2 Å². The highest BCUT2D eigenvalue weighted by Crippen LogP contribution is 2.41. The fraction of sp³-hybridized carbons (Fsp3) is 0.455. The van der Waals surface area contributed by atoms with Gasteiger partial charge in [-0.05, 0) is 55.5 Å². The molecule has 28 heavy (non-hydrogen) atoms. The smallest absolute Gasteiger partial charge is 0.231 e. The molecule has 1 atom stereocenters. The molecular weight excluding hydrogens is 358 g/mol. The van der Waals surface area contributed by atoms with Crippen LogP contribution in [0, 0.1) is 0 Å².